The molecule has 1 aliphatic rings. The molecule has 1 saturated heterocycles. The van der Waals surface area contributed by atoms with E-state index in [4.69, 9.17) is 4.74 Å². The van der Waals surface area contributed by atoms with Crippen molar-refractivity contribution in [3.63, 3.8) is 0 Å². The maximum absolute atomic E-state index is 13.7. The maximum atomic E-state index is 13.7. The molecule has 24 heavy (non-hydrogen) atoms. The van der Waals surface area contributed by atoms with Gasteiger partial charge in [0, 0.05) is 6.54 Å². The zero-order valence-corrected chi connectivity index (χ0v) is 12.9. The van der Waals surface area contributed by atoms with Gasteiger partial charge in [-0.25, -0.2) is 4.39 Å². The maximum Gasteiger partial charge on any atom is 0.249 e. The molecule has 3 rings (SSSR count). The van der Waals surface area contributed by atoms with E-state index in [0.717, 1.165) is 5.56 Å². The highest BCUT2D eigenvalue weighted by Gasteiger charge is 2.34. The average Bonchev–Trinajstić information content (AvgIpc) is 2.59. The van der Waals surface area contributed by atoms with E-state index >= 15 is 0 Å². The summed E-state index contributed by atoms with van der Waals surface area (Å²) in [7, 11) is 0. The Morgan fingerprint density at radius 3 is 2.62 bits per heavy atom. The third-order valence-corrected chi connectivity index (χ3v) is 3.83. The summed E-state index contributed by atoms with van der Waals surface area (Å²) in [5, 5.41) is 2.53. The molecule has 0 bridgehead atoms. The number of nitrogens with one attached hydrogen (secondary N) is 1. The molecule has 0 radical (unpaired) electrons. The fourth-order valence-electron chi connectivity index (χ4n) is 2.58. The molecule has 0 unspecified atom stereocenters. The Labute approximate surface area is 139 Å². The molecule has 1 atom stereocenters. The van der Waals surface area contributed by atoms with E-state index in [-0.39, 0.29) is 24.8 Å². The van der Waals surface area contributed by atoms with Crippen LogP contribution in [0.25, 0.3) is 0 Å². The number of para-hydroxylation sites is 1. The van der Waals surface area contributed by atoms with Gasteiger partial charge in [-0.15, -0.1) is 0 Å². The lowest BCUT2D eigenvalue weighted by Crippen LogP contribution is -2.54. The molecular weight excluding hydrogens is 311 g/mol. The Kier molecular flexibility index (Phi) is 4.86. The van der Waals surface area contributed by atoms with Gasteiger partial charge < -0.3 is 15.0 Å². The Morgan fingerprint density at radius 1 is 1.17 bits per heavy atom. The summed E-state index contributed by atoms with van der Waals surface area (Å²) < 4.78 is 18.9. The first-order valence-corrected chi connectivity index (χ1v) is 7.61. The van der Waals surface area contributed by atoms with Crippen molar-refractivity contribution in [2.24, 2.45) is 0 Å². The first-order chi connectivity index (χ1) is 11.6. The minimum atomic E-state index is -0.800. The molecule has 2 aromatic carbocycles. The number of halogens is 1. The van der Waals surface area contributed by atoms with E-state index in [1.807, 2.05) is 30.3 Å². The first kappa shape index (κ1) is 16.1. The van der Waals surface area contributed by atoms with Crippen LogP contribution in [0.5, 0.6) is 0 Å². The van der Waals surface area contributed by atoms with Gasteiger partial charge in [-0.1, -0.05) is 42.5 Å². The van der Waals surface area contributed by atoms with Gasteiger partial charge in [0.15, 0.2) is 0 Å². The van der Waals surface area contributed by atoms with E-state index in [2.05, 4.69) is 5.32 Å². The molecule has 6 heteroatoms. The van der Waals surface area contributed by atoms with Crippen molar-refractivity contribution in [2.45, 2.75) is 12.6 Å². The van der Waals surface area contributed by atoms with Crippen LogP contribution in [0.1, 0.15) is 5.56 Å². The second kappa shape index (κ2) is 7.23. The minimum absolute atomic E-state index is 0.0592. The molecular formula is C18H17FN2O3. The lowest BCUT2D eigenvalue weighted by molar-refractivity contribution is -0.154. The number of rotatable bonds is 4. The van der Waals surface area contributed by atoms with Crippen molar-refractivity contribution in [3.05, 3.63) is 66.0 Å². The molecule has 124 valence electrons. The van der Waals surface area contributed by atoms with Gasteiger partial charge in [-0.05, 0) is 17.7 Å². The highest BCUT2D eigenvalue weighted by atomic mass is 19.1. The average molecular weight is 328 g/mol. The van der Waals surface area contributed by atoms with Crippen LogP contribution < -0.4 is 5.32 Å². The number of nitrogens with zero attached hydrogens (tertiary/aromatic N) is 1. The number of morpholine rings is 1. The summed E-state index contributed by atoms with van der Waals surface area (Å²) in [6.45, 7) is 0.327. The lowest BCUT2D eigenvalue weighted by Gasteiger charge is -2.34. The number of amides is 2. The molecule has 1 fully saturated rings. The molecule has 1 heterocycles. The zero-order chi connectivity index (χ0) is 16.9. The number of hydrogen-bond acceptors (Lipinski definition) is 3. The van der Waals surface area contributed by atoms with Crippen molar-refractivity contribution in [1.29, 1.82) is 0 Å². The van der Waals surface area contributed by atoms with Gasteiger partial charge >= 0.3 is 0 Å². The number of hydrogen-bond donors (Lipinski definition) is 1. The van der Waals surface area contributed by atoms with Crippen molar-refractivity contribution < 1.29 is 18.7 Å². The molecule has 5 nitrogen and oxygen atoms in total. The predicted octanol–water partition coefficient (Wildman–Crippen LogP) is 2.19. The monoisotopic (exact) mass is 328 g/mol. The largest absolute Gasteiger partial charge is 0.369 e. The Morgan fingerprint density at radius 2 is 1.88 bits per heavy atom. The molecule has 2 amide bonds. The standard InChI is InChI=1S/C18H17FN2O3/c19-14-8-4-5-9-15(14)20-18(23)16-11-24-12-17(22)21(16)10-13-6-2-1-3-7-13/h1-9,16H,10-12H2,(H,20,23)/t16-/m0/s1. The van der Waals surface area contributed by atoms with Gasteiger partial charge in [-0.3, -0.25) is 9.59 Å². The van der Waals surface area contributed by atoms with Gasteiger partial charge in [0.1, 0.15) is 18.5 Å². The quantitative estimate of drug-likeness (QED) is 0.936. The van der Waals surface area contributed by atoms with Crippen molar-refractivity contribution >= 4 is 17.5 Å². The van der Waals surface area contributed by atoms with Gasteiger partial charge in [0.05, 0.1) is 12.3 Å². The number of ether oxygens (including phenoxy) is 1. The van der Waals surface area contributed by atoms with E-state index in [9.17, 15) is 14.0 Å². The number of benzene rings is 2. The summed E-state index contributed by atoms with van der Waals surface area (Å²) in [6.07, 6.45) is 0. The van der Waals surface area contributed by atoms with Crippen LogP contribution in [0.15, 0.2) is 54.6 Å². The van der Waals surface area contributed by atoms with E-state index < -0.39 is 17.8 Å². The fraction of sp³-hybridized carbons (Fsp3) is 0.222. The summed E-state index contributed by atoms with van der Waals surface area (Å²) in [5.41, 5.74) is 0.997. The normalized spacial score (nSPS) is 17.6. The van der Waals surface area contributed by atoms with Crippen LogP contribution in [0.4, 0.5) is 10.1 Å². The Balaban J connectivity index is 1.77. The van der Waals surface area contributed by atoms with Crippen molar-refractivity contribution in [3.8, 4) is 0 Å². The topological polar surface area (TPSA) is 58.6 Å². The SMILES string of the molecule is O=C(Nc1ccccc1F)[C@@H]1COCC(=O)N1Cc1ccccc1. The Hall–Kier alpha value is -2.73. The number of anilines is 1. The molecule has 0 saturated carbocycles. The van der Waals surface area contributed by atoms with Gasteiger partial charge in [-0.2, -0.15) is 0 Å². The summed E-state index contributed by atoms with van der Waals surface area (Å²) in [6, 6.07) is 14.5. The molecule has 2 aromatic rings. The molecule has 0 aliphatic carbocycles. The third-order valence-electron chi connectivity index (χ3n) is 3.83. The van der Waals surface area contributed by atoms with E-state index in [0.29, 0.717) is 6.54 Å². The number of carbonyl (C=O) groups excluding carboxylic acids is 2. The second-order valence-electron chi connectivity index (χ2n) is 5.51. The van der Waals surface area contributed by atoms with Crippen LogP contribution in [-0.2, 0) is 20.9 Å². The molecule has 0 spiro atoms. The van der Waals surface area contributed by atoms with Crippen LogP contribution in [-0.4, -0.2) is 36.0 Å². The van der Waals surface area contributed by atoms with Crippen LogP contribution in [0.2, 0.25) is 0 Å². The fourth-order valence-corrected chi connectivity index (χ4v) is 2.58. The number of carbonyl (C=O) groups is 2. The minimum Gasteiger partial charge on any atom is -0.369 e. The lowest BCUT2D eigenvalue weighted by atomic mass is 10.1. The van der Waals surface area contributed by atoms with Crippen molar-refractivity contribution in [1.82, 2.24) is 4.90 Å². The Bertz CT molecular complexity index is 736. The van der Waals surface area contributed by atoms with Gasteiger partial charge in [0.25, 0.3) is 0 Å². The zero-order valence-electron chi connectivity index (χ0n) is 12.9. The van der Waals surface area contributed by atoms with Crippen molar-refractivity contribution in [2.75, 3.05) is 18.5 Å². The first-order valence-electron chi connectivity index (χ1n) is 7.61. The van der Waals surface area contributed by atoms with Crippen LogP contribution in [0, 0.1) is 5.82 Å². The predicted molar refractivity (Wildman–Crippen MR) is 86.6 cm³/mol. The van der Waals surface area contributed by atoms with Crippen LogP contribution >= 0.6 is 0 Å². The molecule has 0 aromatic heterocycles. The highest BCUT2D eigenvalue weighted by molar-refractivity contribution is 5.98. The van der Waals surface area contributed by atoms with E-state index in [1.54, 1.807) is 12.1 Å². The highest BCUT2D eigenvalue weighted by Crippen LogP contribution is 2.17. The van der Waals surface area contributed by atoms with Crippen LogP contribution in [0.3, 0.4) is 0 Å². The smallest absolute Gasteiger partial charge is 0.249 e. The summed E-state index contributed by atoms with van der Waals surface area (Å²) in [4.78, 5) is 26.2. The van der Waals surface area contributed by atoms with Gasteiger partial charge in [0.2, 0.25) is 11.8 Å². The third kappa shape index (κ3) is 3.60. The summed E-state index contributed by atoms with van der Waals surface area (Å²) >= 11 is 0. The summed E-state index contributed by atoms with van der Waals surface area (Å²) in [5.74, 6) is -1.26. The molecule has 1 N–H and O–H groups in total. The molecule has 1 aliphatic heterocycles. The second-order valence-corrected chi connectivity index (χ2v) is 5.51. The van der Waals surface area contributed by atoms with E-state index in [1.165, 1.54) is 17.0 Å².